The Morgan fingerprint density at radius 3 is 2.00 bits per heavy atom. The number of piperidine rings is 1. The Kier molecular flexibility index (Phi) is 6.18. The zero-order valence-corrected chi connectivity index (χ0v) is 16.9. The molecule has 0 aliphatic carbocycles. The number of hydrogen-bond acceptors (Lipinski definition) is 3. The first kappa shape index (κ1) is 20.2. The second-order valence-corrected chi connectivity index (χ2v) is 10.2. The van der Waals surface area contributed by atoms with Gasteiger partial charge in [0.15, 0.2) is 0 Å². The molecule has 0 aromatic rings. The topological polar surface area (TPSA) is 61.4 Å². The molecule has 2 N–H and O–H groups in total. The van der Waals surface area contributed by atoms with E-state index >= 15 is 0 Å². The maximum Gasteiger partial charge on any atom is 0.234 e. The van der Waals surface area contributed by atoms with Crippen LogP contribution in [0.4, 0.5) is 0 Å². The van der Waals surface area contributed by atoms with E-state index in [1.54, 1.807) is 0 Å². The molecule has 0 radical (unpaired) electrons. The maximum atomic E-state index is 12.3. The molecular weight excluding hydrogens is 314 g/mol. The molecule has 2 rings (SSSR count). The van der Waals surface area contributed by atoms with Crippen molar-refractivity contribution in [2.75, 3.05) is 13.1 Å². The summed E-state index contributed by atoms with van der Waals surface area (Å²) in [5, 5.41) is 6.20. The molecule has 2 saturated heterocycles. The fraction of sp³-hybridized carbons (Fsp3) is 0.900. The van der Waals surface area contributed by atoms with Crippen molar-refractivity contribution in [2.45, 2.75) is 91.3 Å². The summed E-state index contributed by atoms with van der Waals surface area (Å²) in [5.41, 5.74) is -0.140. The van der Waals surface area contributed by atoms with Crippen molar-refractivity contribution in [1.82, 2.24) is 15.5 Å². The Bertz CT molecular complexity index is 476. The zero-order valence-electron chi connectivity index (χ0n) is 16.9. The lowest BCUT2D eigenvalue weighted by Crippen LogP contribution is -2.52. The molecule has 2 bridgehead atoms. The van der Waals surface area contributed by atoms with E-state index in [0.717, 1.165) is 19.4 Å². The number of amides is 2. The fourth-order valence-corrected chi connectivity index (χ4v) is 4.24. The molecule has 0 aromatic heterocycles. The molecular formula is C20H37N3O2. The molecule has 5 heteroatoms. The third kappa shape index (κ3) is 6.61. The van der Waals surface area contributed by atoms with Crippen molar-refractivity contribution in [1.29, 1.82) is 0 Å². The van der Waals surface area contributed by atoms with Crippen LogP contribution in [0.15, 0.2) is 0 Å². The van der Waals surface area contributed by atoms with Crippen molar-refractivity contribution >= 4 is 11.8 Å². The van der Waals surface area contributed by atoms with Gasteiger partial charge in [0.1, 0.15) is 0 Å². The number of rotatable bonds is 5. The highest BCUT2D eigenvalue weighted by molar-refractivity contribution is 5.79. The van der Waals surface area contributed by atoms with Crippen molar-refractivity contribution in [3.63, 3.8) is 0 Å². The van der Waals surface area contributed by atoms with Crippen molar-refractivity contribution < 1.29 is 9.59 Å². The number of carbonyl (C=O) groups is 2. The van der Waals surface area contributed by atoms with Crippen LogP contribution in [-0.4, -0.2) is 47.4 Å². The van der Waals surface area contributed by atoms with E-state index in [-0.39, 0.29) is 22.8 Å². The number of hydrogen-bond donors (Lipinski definition) is 2. The number of carbonyl (C=O) groups excluding carboxylic acids is 2. The molecule has 0 aromatic carbocycles. The minimum atomic E-state index is -0.175. The van der Waals surface area contributed by atoms with Gasteiger partial charge in [0.2, 0.25) is 11.8 Å². The molecule has 2 amide bonds. The molecule has 2 heterocycles. The lowest BCUT2D eigenvalue weighted by Gasteiger charge is -2.39. The highest BCUT2D eigenvalue weighted by Crippen LogP contribution is 2.38. The molecule has 2 aliphatic rings. The summed E-state index contributed by atoms with van der Waals surface area (Å²) < 4.78 is 0. The van der Waals surface area contributed by atoms with E-state index < -0.39 is 0 Å². The molecule has 0 saturated carbocycles. The molecule has 144 valence electrons. The van der Waals surface area contributed by atoms with Crippen molar-refractivity contribution in [2.24, 2.45) is 11.3 Å². The zero-order chi connectivity index (χ0) is 18.8. The number of fused-ring (bicyclic) bond motifs is 2. The Hall–Kier alpha value is -1.10. The molecule has 0 spiro atoms. The SMILES string of the molecule is CC(C)(C)CC(=O)NC[C@@H]1C[C@H]2CC[C@@H](C1)N2CC(=O)NC(C)(C)C. The van der Waals surface area contributed by atoms with Gasteiger partial charge in [-0.25, -0.2) is 0 Å². The number of nitrogens with one attached hydrogen (secondary N) is 2. The van der Waals surface area contributed by atoms with Gasteiger partial charge in [0.25, 0.3) is 0 Å². The second-order valence-electron chi connectivity index (χ2n) is 10.2. The van der Waals surface area contributed by atoms with Crippen LogP contribution in [0, 0.1) is 11.3 Å². The van der Waals surface area contributed by atoms with E-state index in [1.165, 1.54) is 12.8 Å². The largest absolute Gasteiger partial charge is 0.356 e. The normalized spacial score (nSPS) is 27.2. The summed E-state index contributed by atoms with van der Waals surface area (Å²) in [7, 11) is 0. The molecule has 2 aliphatic heterocycles. The van der Waals surface area contributed by atoms with Gasteiger partial charge < -0.3 is 10.6 Å². The Morgan fingerprint density at radius 1 is 0.960 bits per heavy atom. The lowest BCUT2D eigenvalue weighted by atomic mass is 9.89. The minimum absolute atomic E-state index is 0.0346. The fourth-order valence-electron chi connectivity index (χ4n) is 4.24. The Morgan fingerprint density at radius 2 is 1.52 bits per heavy atom. The minimum Gasteiger partial charge on any atom is -0.356 e. The first-order chi connectivity index (χ1) is 11.4. The lowest BCUT2D eigenvalue weighted by molar-refractivity contribution is -0.125. The van der Waals surface area contributed by atoms with Gasteiger partial charge in [-0.2, -0.15) is 0 Å². The maximum absolute atomic E-state index is 12.3. The highest BCUT2D eigenvalue weighted by Gasteiger charge is 2.41. The average Bonchev–Trinajstić information content (AvgIpc) is 2.65. The van der Waals surface area contributed by atoms with Gasteiger partial charge in [-0.05, 0) is 57.8 Å². The van der Waals surface area contributed by atoms with Crippen LogP contribution in [0.2, 0.25) is 0 Å². The van der Waals surface area contributed by atoms with Crippen LogP contribution in [0.25, 0.3) is 0 Å². The van der Waals surface area contributed by atoms with Crippen LogP contribution < -0.4 is 10.6 Å². The van der Waals surface area contributed by atoms with Gasteiger partial charge in [0, 0.05) is 30.6 Å². The highest BCUT2D eigenvalue weighted by atomic mass is 16.2. The second kappa shape index (κ2) is 7.65. The van der Waals surface area contributed by atoms with Crippen molar-refractivity contribution in [3.8, 4) is 0 Å². The van der Waals surface area contributed by atoms with Gasteiger partial charge >= 0.3 is 0 Å². The molecule has 25 heavy (non-hydrogen) atoms. The summed E-state index contributed by atoms with van der Waals surface area (Å²) in [6.45, 7) is 13.6. The summed E-state index contributed by atoms with van der Waals surface area (Å²) in [6.07, 6.45) is 5.12. The predicted molar refractivity (Wildman–Crippen MR) is 101 cm³/mol. The summed E-state index contributed by atoms with van der Waals surface area (Å²) >= 11 is 0. The molecule has 0 unspecified atom stereocenters. The standard InChI is InChI=1S/C20H37N3O2/c1-19(2,3)11-17(24)21-12-14-9-15-7-8-16(10-14)23(15)13-18(25)22-20(4,5)6/h14-16H,7-13H2,1-6H3,(H,21,24)(H,22,25)/t14-,15-,16+. The smallest absolute Gasteiger partial charge is 0.234 e. The third-order valence-electron chi connectivity index (χ3n) is 5.10. The predicted octanol–water partition coefficient (Wildman–Crippen LogP) is 2.70. The molecule has 3 atom stereocenters. The van der Waals surface area contributed by atoms with Gasteiger partial charge in [-0.15, -0.1) is 0 Å². The summed E-state index contributed by atoms with van der Waals surface area (Å²) in [6, 6.07) is 0.989. The Balaban J connectivity index is 1.79. The van der Waals surface area contributed by atoms with E-state index in [9.17, 15) is 9.59 Å². The first-order valence-corrected chi connectivity index (χ1v) is 9.76. The van der Waals surface area contributed by atoms with Gasteiger partial charge in [-0.1, -0.05) is 20.8 Å². The van der Waals surface area contributed by atoms with E-state index in [1.807, 2.05) is 20.8 Å². The van der Waals surface area contributed by atoms with Crippen LogP contribution in [0.1, 0.15) is 73.6 Å². The monoisotopic (exact) mass is 351 g/mol. The van der Waals surface area contributed by atoms with Crippen LogP contribution in [0.3, 0.4) is 0 Å². The first-order valence-electron chi connectivity index (χ1n) is 9.76. The average molecular weight is 352 g/mol. The van der Waals surface area contributed by atoms with Crippen molar-refractivity contribution in [3.05, 3.63) is 0 Å². The molecule has 5 nitrogen and oxygen atoms in total. The summed E-state index contributed by atoms with van der Waals surface area (Å²) in [4.78, 5) is 26.7. The molecule has 2 fully saturated rings. The van der Waals surface area contributed by atoms with Crippen LogP contribution in [0.5, 0.6) is 0 Å². The third-order valence-corrected chi connectivity index (χ3v) is 5.10. The van der Waals surface area contributed by atoms with Crippen LogP contribution in [-0.2, 0) is 9.59 Å². The Labute approximate surface area is 153 Å². The van der Waals surface area contributed by atoms with E-state index in [4.69, 9.17) is 0 Å². The van der Waals surface area contributed by atoms with Gasteiger partial charge in [-0.3, -0.25) is 14.5 Å². The van der Waals surface area contributed by atoms with E-state index in [0.29, 0.717) is 31.0 Å². The number of nitrogens with zero attached hydrogens (tertiary/aromatic N) is 1. The van der Waals surface area contributed by atoms with Gasteiger partial charge in [0.05, 0.1) is 6.54 Å². The van der Waals surface area contributed by atoms with E-state index in [2.05, 4.69) is 36.3 Å². The van der Waals surface area contributed by atoms with Crippen LogP contribution >= 0.6 is 0 Å². The summed E-state index contributed by atoms with van der Waals surface area (Å²) in [5.74, 6) is 0.830. The quantitative estimate of drug-likeness (QED) is 0.800.